The van der Waals surface area contributed by atoms with Crippen LogP contribution < -0.4 is 4.74 Å². The number of hydrogen-bond donors (Lipinski definition) is 0. The Kier molecular flexibility index (Phi) is 6.63. The molecule has 5 heteroatoms. The lowest BCUT2D eigenvalue weighted by Gasteiger charge is -2.28. The standard InChI is InChI=1S/C23H26F4O/c1-3-13-28-19-12-11-18(22(26)23(19)27)17-10-9-16(20(24)21(17)25)15-7-5-14(4-2)6-8-15/h9-12,14-15H,3-8,13H2,1-2H3. The molecular weight excluding hydrogens is 368 g/mol. The van der Waals surface area contributed by atoms with Crippen LogP contribution in [-0.4, -0.2) is 6.61 Å². The molecule has 1 fully saturated rings. The van der Waals surface area contributed by atoms with Gasteiger partial charge in [-0.1, -0.05) is 32.4 Å². The summed E-state index contributed by atoms with van der Waals surface area (Å²) in [6, 6.07) is 5.35. The van der Waals surface area contributed by atoms with Gasteiger partial charge in [0.25, 0.3) is 0 Å². The molecule has 152 valence electrons. The van der Waals surface area contributed by atoms with E-state index in [4.69, 9.17) is 4.74 Å². The highest BCUT2D eigenvalue weighted by molar-refractivity contribution is 5.66. The first-order chi connectivity index (χ1) is 13.5. The van der Waals surface area contributed by atoms with Crippen LogP contribution in [0.15, 0.2) is 24.3 Å². The van der Waals surface area contributed by atoms with E-state index in [1.165, 1.54) is 24.3 Å². The van der Waals surface area contributed by atoms with Gasteiger partial charge in [0.15, 0.2) is 23.2 Å². The highest BCUT2D eigenvalue weighted by Crippen LogP contribution is 2.40. The Labute approximate surface area is 163 Å². The molecule has 1 aliphatic carbocycles. The lowest BCUT2D eigenvalue weighted by molar-refractivity contribution is 0.295. The Morgan fingerprint density at radius 1 is 0.786 bits per heavy atom. The number of hydrogen-bond acceptors (Lipinski definition) is 1. The van der Waals surface area contributed by atoms with E-state index >= 15 is 0 Å². The van der Waals surface area contributed by atoms with E-state index in [0.29, 0.717) is 17.9 Å². The summed E-state index contributed by atoms with van der Waals surface area (Å²) in [4.78, 5) is 0. The molecular formula is C23H26F4O. The Morgan fingerprint density at radius 3 is 2.00 bits per heavy atom. The molecule has 2 aromatic rings. The lowest BCUT2D eigenvalue weighted by Crippen LogP contribution is -2.14. The summed E-state index contributed by atoms with van der Waals surface area (Å²) in [6.45, 7) is 4.23. The van der Waals surface area contributed by atoms with Gasteiger partial charge in [-0.15, -0.1) is 0 Å². The summed E-state index contributed by atoms with van der Waals surface area (Å²) in [7, 11) is 0. The first-order valence-corrected chi connectivity index (χ1v) is 10.1. The fourth-order valence-electron chi connectivity index (χ4n) is 4.03. The molecule has 0 radical (unpaired) electrons. The molecule has 0 aliphatic heterocycles. The van der Waals surface area contributed by atoms with Crippen molar-refractivity contribution in [2.45, 2.75) is 58.3 Å². The van der Waals surface area contributed by atoms with Gasteiger partial charge < -0.3 is 4.74 Å². The van der Waals surface area contributed by atoms with Crippen LogP contribution in [0.5, 0.6) is 5.75 Å². The molecule has 0 spiro atoms. The van der Waals surface area contributed by atoms with E-state index in [1.807, 2.05) is 6.92 Å². The maximum absolute atomic E-state index is 14.8. The first-order valence-electron chi connectivity index (χ1n) is 10.1. The van der Waals surface area contributed by atoms with Gasteiger partial charge in [0.2, 0.25) is 5.82 Å². The van der Waals surface area contributed by atoms with Gasteiger partial charge in [0, 0.05) is 11.1 Å². The maximum Gasteiger partial charge on any atom is 0.201 e. The second-order valence-corrected chi connectivity index (χ2v) is 7.54. The van der Waals surface area contributed by atoms with Gasteiger partial charge in [-0.2, -0.15) is 4.39 Å². The van der Waals surface area contributed by atoms with E-state index in [1.54, 1.807) is 0 Å². The van der Waals surface area contributed by atoms with Crippen molar-refractivity contribution in [3.63, 3.8) is 0 Å². The zero-order chi connectivity index (χ0) is 20.3. The van der Waals surface area contributed by atoms with E-state index in [2.05, 4.69) is 6.92 Å². The van der Waals surface area contributed by atoms with Crippen molar-refractivity contribution in [3.8, 4) is 16.9 Å². The molecule has 3 rings (SSSR count). The van der Waals surface area contributed by atoms with Crippen LogP contribution in [0.4, 0.5) is 17.6 Å². The molecule has 0 bridgehead atoms. The van der Waals surface area contributed by atoms with Crippen molar-refractivity contribution >= 4 is 0 Å². The van der Waals surface area contributed by atoms with Gasteiger partial charge in [-0.3, -0.25) is 0 Å². The molecule has 1 saturated carbocycles. The number of benzene rings is 2. The predicted octanol–water partition coefficient (Wildman–Crippen LogP) is 7.38. The Bertz CT molecular complexity index is 826. The average molecular weight is 394 g/mol. The minimum absolute atomic E-state index is 0.0299. The number of rotatable bonds is 6. The molecule has 1 nitrogen and oxygen atoms in total. The van der Waals surface area contributed by atoms with E-state index in [9.17, 15) is 17.6 Å². The first kappa shape index (κ1) is 20.7. The van der Waals surface area contributed by atoms with Gasteiger partial charge in [0.1, 0.15) is 0 Å². The van der Waals surface area contributed by atoms with Crippen molar-refractivity contribution < 1.29 is 22.3 Å². The zero-order valence-electron chi connectivity index (χ0n) is 16.3. The summed E-state index contributed by atoms with van der Waals surface area (Å²) >= 11 is 0. The van der Waals surface area contributed by atoms with E-state index in [0.717, 1.165) is 32.1 Å². The minimum Gasteiger partial charge on any atom is -0.490 e. The van der Waals surface area contributed by atoms with Crippen molar-refractivity contribution in [2.24, 2.45) is 5.92 Å². The molecule has 0 amide bonds. The molecule has 28 heavy (non-hydrogen) atoms. The molecule has 0 atom stereocenters. The fraction of sp³-hybridized carbons (Fsp3) is 0.478. The third kappa shape index (κ3) is 4.03. The second kappa shape index (κ2) is 8.97. The van der Waals surface area contributed by atoms with Crippen LogP contribution in [0.1, 0.15) is 63.9 Å². The van der Waals surface area contributed by atoms with E-state index < -0.39 is 23.3 Å². The predicted molar refractivity (Wildman–Crippen MR) is 102 cm³/mol. The number of ether oxygens (including phenoxy) is 1. The molecule has 0 N–H and O–H groups in total. The summed E-state index contributed by atoms with van der Waals surface area (Å²) in [5.41, 5.74) is -0.250. The largest absolute Gasteiger partial charge is 0.490 e. The van der Waals surface area contributed by atoms with Crippen LogP contribution in [-0.2, 0) is 0 Å². The van der Waals surface area contributed by atoms with Crippen molar-refractivity contribution in [1.82, 2.24) is 0 Å². The monoisotopic (exact) mass is 394 g/mol. The Morgan fingerprint density at radius 2 is 1.39 bits per heavy atom. The van der Waals surface area contributed by atoms with Gasteiger partial charge in [-0.05, 0) is 61.6 Å². The molecule has 0 heterocycles. The normalized spacial score (nSPS) is 19.6. The Hall–Kier alpha value is -2.04. The molecule has 0 saturated heterocycles. The number of halogens is 4. The summed E-state index contributed by atoms with van der Waals surface area (Å²) in [5.74, 6) is -4.12. The van der Waals surface area contributed by atoms with Crippen LogP contribution in [0, 0.1) is 29.2 Å². The molecule has 2 aromatic carbocycles. The molecule has 1 aliphatic rings. The van der Waals surface area contributed by atoms with E-state index in [-0.39, 0.29) is 29.4 Å². The van der Waals surface area contributed by atoms with Crippen molar-refractivity contribution in [2.75, 3.05) is 6.61 Å². The van der Waals surface area contributed by atoms with Crippen LogP contribution in [0.2, 0.25) is 0 Å². The van der Waals surface area contributed by atoms with Crippen LogP contribution >= 0.6 is 0 Å². The summed E-state index contributed by atoms with van der Waals surface area (Å²) in [6.07, 6.45) is 5.39. The summed E-state index contributed by atoms with van der Waals surface area (Å²) in [5, 5.41) is 0. The van der Waals surface area contributed by atoms with Crippen LogP contribution in [0.3, 0.4) is 0 Å². The summed E-state index contributed by atoms with van der Waals surface area (Å²) < 4.78 is 63.4. The zero-order valence-corrected chi connectivity index (χ0v) is 16.3. The molecule has 0 aromatic heterocycles. The second-order valence-electron chi connectivity index (χ2n) is 7.54. The third-order valence-electron chi connectivity index (χ3n) is 5.77. The minimum atomic E-state index is -1.23. The highest BCUT2D eigenvalue weighted by atomic mass is 19.2. The maximum atomic E-state index is 14.8. The topological polar surface area (TPSA) is 9.23 Å². The fourth-order valence-corrected chi connectivity index (χ4v) is 4.03. The lowest BCUT2D eigenvalue weighted by atomic mass is 9.77. The SMILES string of the molecule is CCCOc1ccc(-c2ccc(C3CCC(CC)CC3)c(F)c2F)c(F)c1F. The smallest absolute Gasteiger partial charge is 0.201 e. The highest BCUT2D eigenvalue weighted by Gasteiger charge is 2.27. The van der Waals surface area contributed by atoms with Crippen molar-refractivity contribution in [1.29, 1.82) is 0 Å². The third-order valence-corrected chi connectivity index (χ3v) is 5.77. The Balaban J connectivity index is 1.90. The van der Waals surface area contributed by atoms with Gasteiger partial charge >= 0.3 is 0 Å². The van der Waals surface area contributed by atoms with Crippen molar-refractivity contribution in [3.05, 3.63) is 53.1 Å². The average Bonchev–Trinajstić information content (AvgIpc) is 2.72. The van der Waals surface area contributed by atoms with Gasteiger partial charge in [0.05, 0.1) is 6.61 Å². The quantitative estimate of drug-likeness (QED) is 0.464. The van der Waals surface area contributed by atoms with Gasteiger partial charge in [-0.25, -0.2) is 13.2 Å². The molecule has 0 unspecified atom stereocenters. The van der Waals surface area contributed by atoms with Crippen LogP contribution in [0.25, 0.3) is 11.1 Å².